The van der Waals surface area contributed by atoms with Gasteiger partial charge in [0.1, 0.15) is 0 Å². The highest BCUT2D eigenvalue weighted by Crippen LogP contribution is 1.87. The van der Waals surface area contributed by atoms with Crippen molar-refractivity contribution in [3.05, 3.63) is 28.9 Å². The first kappa shape index (κ1) is 10.9. The maximum absolute atomic E-state index is 11.2. The number of hydrogen-bond donors (Lipinski definition) is 1. The Bertz CT molecular complexity index is 321. The summed E-state index contributed by atoms with van der Waals surface area (Å²) in [5, 5.41) is 3.32. The lowest BCUT2D eigenvalue weighted by Gasteiger charge is -2.11. The summed E-state index contributed by atoms with van der Waals surface area (Å²) in [5.74, 6) is 0. The highest BCUT2D eigenvalue weighted by atomic mass is 16.1. The van der Waals surface area contributed by atoms with Crippen LogP contribution >= 0.6 is 0 Å². The van der Waals surface area contributed by atoms with Crippen LogP contribution in [0.1, 0.15) is 20.3 Å². The van der Waals surface area contributed by atoms with Gasteiger partial charge in [0.05, 0.1) is 0 Å². The topological polar surface area (TPSA) is 46.9 Å². The van der Waals surface area contributed by atoms with Gasteiger partial charge in [-0.3, -0.25) is 4.57 Å². The third kappa shape index (κ3) is 3.30. The van der Waals surface area contributed by atoms with E-state index in [0.717, 1.165) is 13.0 Å². The Kier molecular flexibility index (Phi) is 4.32. The van der Waals surface area contributed by atoms with E-state index < -0.39 is 0 Å². The van der Waals surface area contributed by atoms with E-state index in [2.05, 4.69) is 24.1 Å². The van der Waals surface area contributed by atoms with Gasteiger partial charge in [0.25, 0.3) is 0 Å². The average Bonchev–Trinajstić information content (AvgIpc) is 2.20. The SMILES string of the molecule is CCC(C)NCCn1cccnc1=O. The van der Waals surface area contributed by atoms with Crippen molar-refractivity contribution < 1.29 is 0 Å². The van der Waals surface area contributed by atoms with Gasteiger partial charge in [0.2, 0.25) is 0 Å². The first-order chi connectivity index (χ1) is 6.74. The van der Waals surface area contributed by atoms with Gasteiger partial charge in [0.15, 0.2) is 0 Å². The van der Waals surface area contributed by atoms with Crippen LogP contribution in [0.5, 0.6) is 0 Å². The van der Waals surface area contributed by atoms with Gasteiger partial charge in [0, 0.05) is 31.5 Å². The molecule has 0 aliphatic rings. The van der Waals surface area contributed by atoms with Crippen LogP contribution in [0.3, 0.4) is 0 Å². The van der Waals surface area contributed by atoms with E-state index in [1.165, 1.54) is 6.20 Å². The highest BCUT2D eigenvalue weighted by molar-refractivity contribution is 4.81. The van der Waals surface area contributed by atoms with Gasteiger partial charge in [-0.1, -0.05) is 6.92 Å². The first-order valence-corrected chi connectivity index (χ1v) is 4.99. The molecule has 0 spiro atoms. The van der Waals surface area contributed by atoms with E-state index in [4.69, 9.17) is 0 Å². The molecule has 4 heteroatoms. The minimum Gasteiger partial charge on any atom is -0.312 e. The van der Waals surface area contributed by atoms with Crippen molar-refractivity contribution in [1.82, 2.24) is 14.9 Å². The quantitative estimate of drug-likeness (QED) is 0.749. The Morgan fingerprint density at radius 3 is 3.07 bits per heavy atom. The van der Waals surface area contributed by atoms with Crippen LogP contribution in [0.2, 0.25) is 0 Å². The maximum Gasteiger partial charge on any atom is 0.347 e. The van der Waals surface area contributed by atoms with Gasteiger partial charge in [-0.2, -0.15) is 0 Å². The van der Waals surface area contributed by atoms with Gasteiger partial charge in [-0.25, -0.2) is 9.78 Å². The zero-order valence-corrected chi connectivity index (χ0v) is 8.73. The van der Waals surface area contributed by atoms with Crippen molar-refractivity contribution in [2.45, 2.75) is 32.9 Å². The fourth-order valence-electron chi connectivity index (χ4n) is 1.13. The molecule has 1 aromatic rings. The highest BCUT2D eigenvalue weighted by Gasteiger charge is 1.97. The maximum atomic E-state index is 11.2. The van der Waals surface area contributed by atoms with Crippen LogP contribution in [-0.2, 0) is 6.54 Å². The lowest BCUT2D eigenvalue weighted by atomic mass is 10.3. The fourth-order valence-corrected chi connectivity index (χ4v) is 1.13. The molecule has 1 N–H and O–H groups in total. The number of rotatable bonds is 5. The monoisotopic (exact) mass is 195 g/mol. The minimum absolute atomic E-state index is 0.182. The van der Waals surface area contributed by atoms with E-state index in [-0.39, 0.29) is 5.69 Å². The summed E-state index contributed by atoms with van der Waals surface area (Å²) < 4.78 is 1.61. The Hall–Kier alpha value is -1.16. The molecule has 14 heavy (non-hydrogen) atoms. The third-order valence-corrected chi connectivity index (χ3v) is 2.24. The van der Waals surface area contributed by atoms with Gasteiger partial charge >= 0.3 is 5.69 Å². The van der Waals surface area contributed by atoms with Gasteiger partial charge in [-0.05, 0) is 19.4 Å². The molecule has 0 aliphatic carbocycles. The second-order valence-corrected chi connectivity index (χ2v) is 3.36. The lowest BCUT2D eigenvalue weighted by Crippen LogP contribution is -2.32. The van der Waals surface area contributed by atoms with E-state index in [9.17, 15) is 4.79 Å². The molecule has 0 amide bonds. The Morgan fingerprint density at radius 2 is 2.43 bits per heavy atom. The molecule has 0 bridgehead atoms. The van der Waals surface area contributed by atoms with E-state index in [1.54, 1.807) is 16.8 Å². The molecule has 1 unspecified atom stereocenters. The minimum atomic E-state index is -0.182. The molecule has 1 heterocycles. The van der Waals surface area contributed by atoms with Crippen LogP contribution in [0.4, 0.5) is 0 Å². The molecule has 1 atom stereocenters. The summed E-state index contributed by atoms with van der Waals surface area (Å²) >= 11 is 0. The molecule has 1 aromatic heterocycles. The van der Waals surface area contributed by atoms with Crippen LogP contribution in [0.15, 0.2) is 23.3 Å². The predicted octanol–water partition coefficient (Wildman–Crippen LogP) is 0.631. The number of nitrogens with zero attached hydrogens (tertiary/aromatic N) is 2. The number of aromatic nitrogens is 2. The average molecular weight is 195 g/mol. The summed E-state index contributed by atoms with van der Waals surface area (Å²) in [4.78, 5) is 14.9. The molecule has 0 aliphatic heterocycles. The second-order valence-electron chi connectivity index (χ2n) is 3.36. The lowest BCUT2D eigenvalue weighted by molar-refractivity contribution is 0.496. The molecule has 0 fully saturated rings. The van der Waals surface area contributed by atoms with Crippen LogP contribution < -0.4 is 11.0 Å². The van der Waals surface area contributed by atoms with Crippen LogP contribution in [0, 0.1) is 0 Å². The molecule has 4 nitrogen and oxygen atoms in total. The zero-order valence-electron chi connectivity index (χ0n) is 8.73. The number of hydrogen-bond acceptors (Lipinski definition) is 3. The van der Waals surface area contributed by atoms with Crippen molar-refractivity contribution in [2.75, 3.05) is 6.54 Å². The molecular weight excluding hydrogens is 178 g/mol. The van der Waals surface area contributed by atoms with Crippen molar-refractivity contribution in [1.29, 1.82) is 0 Å². The van der Waals surface area contributed by atoms with Gasteiger partial charge < -0.3 is 5.32 Å². The standard InChI is InChI=1S/C10H17N3O/c1-3-9(2)11-6-8-13-7-4-5-12-10(13)14/h4-5,7,9,11H,3,6,8H2,1-2H3. The second kappa shape index (κ2) is 5.54. The molecule has 0 radical (unpaired) electrons. The van der Waals surface area contributed by atoms with Crippen LogP contribution in [-0.4, -0.2) is 22.1 Å². The predicted molar refractivity (Wildman–Crippen MR) is 56.3 cm³/mol. The van der Waals surface area contributed by atoms with Crippen molar-refractivity contribution in [3.8, 4) is 0 Å². The summed E-state index contributed by atoms with van der Waals surface area (Å²) in [6.07, 6.45) is 4.37. The molecule has 0 aromatic carbocycles. The largest absolute Gasteiger partial charge is 0.347 e. The molecule has 1 rings (SSSR count). The normalized spacial score (nSPS) is 12.7. The Balaban J connectivity index is 2.39. The third-order valence-electron chi connectivity index (χ3n) is 2.24. The first-order valence-electron chi connectivity index (χ1n) is 4.99. The van der Waals surface area contributed by atoms with Crippen molar-refractivity contribution in [2.24, 2.45) is 0 Å². The van der Waals surface area contributed by atoms with E-state index in [1.807, 2.05) is 0 Å². The molecular formula is C10H17N3O. The van der Waals surface area contributed by atoms with Gasteiger partial charge in [-0.15, -0.1) is 0 Å². The summed E-state index contributed by atoms with van der Waals surface area (Å²) in [7, 11) is 0. The number of nitrogens with one attached hydrogen (secondary N) is 1. The molecule has 78 valence electrons. The Labute approximate surface area is 84.0 Å². The van der Waals surface area contributed by atoms with Crippen molar-refractivity contribution >= 4 is 0 Å². The van der Waals surface area contributed by atoms with E-state index >= 15 is 0 Å². The molecule has 0 saturated carbocycles. The van der Waals surface area contributed by atoms with Crippen molar-refractivity contribution in [3.63, 3.8) is 0 Å². The summed E-state index contributed by atoms with van der Waals surface area (Å²) in [6.45, 7) is 5.75. The molecule has 0 saturated heterocycles. The smallest absolute Gasteiger partial charge is 0.312 e. The summed E-state index contributed by atoms with van der Waals surface area (Å²) in [5.41, 5.74) is -0.182. The summed E-state index contributed by atoms with van der Waals surface area (Å²) in [6, 6.07) is 2.27. The zero-order chi connectivity index (χ0) is 10.4. The Morgan fingerprint density at radius 1 is 1.64 bits per heavy atom. The fraction of sp³-hybridized carbons (Fsp3) is 0.600. The van der Waals surface area contributed by atoms with E-state index in [0.29, 0.717) is 12.6 Å². The van der Waals surface area contributed by atoms with Crippen LogP contribution in [0.25, 0.3) is 0 Å².